The number of nitrogens with zero attached hydrogens (tertiary/aromatic N) is 2. The molecule has 0 radical (unpaired) electrons. The van der Waals surface area contributed by atoms with E-state index in [1.54, 1.807) is 0 Å². The van der Waals surface area contributed by atoms with Gasteiger partial charge in [0, 0.05) is 11.5 Å². The van der Waals surface area contributed by atoms with Gasteiger partial charge in [-0.25, -0.2) is 4.79 Å². The third-order valence-electron chi connectivity index (χ3n) is 1.16. The molecule has 2 aromatic heterocycles. The van der Waals surface area contributed by atoms with Crippen molar-refractivity contribution >= 4 is 21.9 Å². The highest BCUT2D eigenvalue weighted by Gasteiger charge is 2.02. The molecule has 56 valence electrons. The molecule has 2 aromatic rings. The number of nitrogens with one attached hydrogen (secondary N) is 2. The number of hydrogen-bond acceptors (Lipinski definition) is 5. The summed E-state index contributed by atoms with van der Waals surface area (Å²) in [6.07, 6.45) is 0. The van der Waals surface area contributed by atoms with Crippen molar-refractivity contribution in [3.05, 3.63) is 20.8 Å². The average Bonchev–Trinajstić information content (AvgIpc) is 2.34. The van der Waals surface area contributed by atoms with Crippen LogP contribution in [0.25, 0.3) is 10.3 Å². The second-order valence-electron chi connectivity index (χ2n) is 1.86. The summed E-state index contributed by atoms with van der Waals surface area (Å²) in [6.45, 7) is 0. The maximum absolute atomic E-state index is 10.9. The Bertz CT molecular complexity index is 494. The molecule has 0 aliphatic carbocycles. The van der Waals surface area contributed by atoms with Gasteiger partial charge in [0.2, 0.25) is 0 Å². The lowest BCUT2D eigenvalue weighted by atomic mass is 10.6. The Kier molecular flexibility index (Phi) is 1.13. The molecule has 0 atom stereocenters. The average molecular weight is 170 g/mol. The van der Waals surface area contributed by atoms with Gasteiger partial charge in [-0.1, -0.05) is 4.49 Å². The number of fused-ring (bicyclic) bond motifs is 1. The molecule has 0 fully saturated rings. The van der Waals surface area contributed by atoms with Crippen LogP contribution in [-0.2, 0) is 0 Å². The van der Waals surface area contributed by atoms with Gasteiger partial charge in [0.1, 0.15) is 0 Å². The van der Waals surface area contributed by atoms with E-state index in [0.717, 1.165) is 11.5 Å². The first-order valence-corrected chi connectivity index (χ1v) is 3.49. The molecule has 0 saturated carbocycles. The quantitative estimate of drug-likeness (QED) is 0.534. The van der Waals surface area contributed by atoms with Gasteiger partial charge in [0.25, 0.3) is 5.56 Å². The van der Waals surface area contributed by atoms with Crippen LogP contribution >= 0.6 is 11.5 Å². The monoisotopic (exact) mass is 170 g/mol. The van der Waals surface area contributed by atoms with Gasteiger partial charge in [-0.15, -0.1) is 5.10 Å². The van der Waals surface area contributed by atoms with Crippen molar-refractivity contribution in [1.29, 1.82) is 0 Å². The van der Waals surface area contributed by atoms with E-state index in [0.29, 0.717) is 4.83 Å². The van der Waals surface area contributed by atoms with Crippen LogP contribution in [0, 0.1) is 0 Å². The molecule has 0 saturated heterocycles. The van der Waals surface area contributed by atoms with E-state index in [-0.39, 0.29) is 5.52 Å². The van der Waals surface area contributed by atoms with E-state index in [1.807, 2.05) is 4.98 Å². The van der Waals surface area contributed by atoms with E-state index < -0.39 is 11.2 Å². The van der Waals surface area contributed by atoms with E-state index in [9.17, 15) is 9.59 Å². The fourth-order valence-corrected chi connectivity index (χ4v) is 1.28. The van der Waals surface area contributed by atoms with Crippen LogP contribution in [0.4, 0.5) is 0 Å². The zero-order valence-electron chi connectivity index (χ0n) is 5.12. The topological polar surface area (TPSA) is 91.5 Å². The van der Waals surface area contributed by atoms with Crippen LogP contribution < -0.4 is 11.2 Å². The largest absolute Gasteiger partial charge is 0.326 e. The van der Waals surface area contributed by atoms with Crippen molar-refractivity contribution in [2.45, 2.75) is 0 Å². The fourth-order valence-electron chi connectivity index (χ4n) is 0.718. The Labute approximate surface area is 63.1 Å². The highest BCUT2D eigenvalue weighted by atomic mass is 32.1. The predicted molar refractivity (Wildman–Crippen MR) is 38.7 cm³/mol. The van der Waals surface area contributed by atoms with Gasteiger partial charge in [-0.3, -0.25) is 14.8 Å². The highest BCUT2D eigenvalue weighted by molar-refractivity contribution is 7.12. The van der Waals surface area contributed by atoms with Crippen molar-refractivity contribution in [2.75, 3.05) is 0 Å². The highest BCUT2D eigenvalue weighted by Crippen LogP contribution is 2.02. The Hall–Kier alpha value is -1.50. The van der Waals surface area contributed by atoms with Crippen molar-refractivity contribution in [1.82, 2.24) is 19.6 Å². The second-order valence-corrected chi connectivity index (χ2v) is 2.61. The fraction of sp³-hybridized carbons (Fsp3) is 0. The van der Waals surface area contributed by atoms with Crippen LogP contribution in [0.1, 0.15) is 0 Å². The Morgan fingerprint density at radius 2 is 2.09 bits per heavy atom. The lowest BCUT2D eigenvalue weighted by Crippen LogP contribution is -2.21. The van der Waals surface area contributed by atoms with Gasteiger partial charge in [-0.05, 0) is 0 Å². The summed E-state index contributed by atoms with van der Waals surface area (Å²) < 4.78 is 3.50. The molecule has 7 heteroatoms. The number of H-pyrrole nitrogens is 2. The van der Waals surface area contributed by atoms with E-state index in [2.05, 4.69) is 14.6 Å². The molecule has 2 rings (SSSR count). The van der Waals surface area contributed by atoms with E-state index >= 15 is 0 Å². The maximum atomic E-state index is 10.9. The zero-order valence-corrected chi connectivity index (χ0v) is 5.94. The summed E-state index contributed by atoms with van der Waals surface area (Å²) in [6, 6.07) is 0. The molecular formula is C4H2N4O2S. The Balaban J connectivity index is 3.15. The van der Waals surface area contributed by atoms with Crippen molar-refractivity contribution in [3.63, 3.8) is 0 Å². The van der Waals surface area contributed by atoms with Crippen LogP contribution in [0.2, 0.25) is 0 Å². The molecule has 2 N–H and O–H groups in total. The SMILES string of the molecule is O=c1[nH]c(=O)c2nnsc2[nH]1. The normalized spacial score (nSPS) is 10.5. The summed E-state index contributed by atoms with van der Waals surface area (Å²) >= 11 is 0.979. The molecule has 0 spiro atoms. The summed E-state index contributed by atoms with van der Waals surface area (Å²) in [5.74, 6) is 0. The Morgan fingerprint density at radius 1 is 1.27 bits per heavy atom. The van der Waals surface area contributed by atoms with Crippen molar-refractivity contribution in [3.8, 4) is 0 Å². The smallest absolute Gasteiger partial charge is 0.296 e. The van der Waals surface area contributed by atoms with Crippen LogP contribution in [0.5, 0.6) is 0 Å². The molecular weight excluding hydrogens is 168 g/mol. The molecule has 0 aliphatic heterocycles. The van der Waals surface area contributed by atoms with Gasteiger partial charge in [0.15, 0.2) is 10.3 Å². The summed E-state index contributed by atoms with van der Waals surface area (Å²) in [4.78, 5) is 26.4. The molecule has 11 heavy (non-hydrogen) atoms. The van der Waals surface area contributed by atoms with Gasteiger partial charge in [0.05, 0.1) is 0 Å². The van der Waals surface area contributed by atoms with E-state index in [4.69, 9.17) is 0 Å². The maximum Gasteiger partial charge on any atom is 0.326 e. The standard InChI is InChI=1S/C4H2N4O2S/c9-2-1-3(11-8-7-1)6-4(10)5-2/h(H2,5,6,9,10). The van der Waals surface area contributed by atoms with Gasteiger partial charge >= 0.3 is 5.69 Å². The number of hydrogen-bond donors (Lipinski definition) is 2. The summed E-state index contributed by atoms with van der Waals surface area (Å²) in [5.41, 5.74) is -0.861. The second kappa shape index (κ2) is 1.99. The summed E-state index contributed by atoms with van der Waals surface area (Å²) in [5, 5.41) is 3.51. The number of aromatic nitrogens is 4. The molecule has 6 nitrogen and oxygen atoms in total. The first-order chi connectivity index (χ1) is 5.27. The first-order valence-electron chi connectivity index (χ1n) is 2.72. The van der Waals surface area contributed by atoms with Crippen LogP contribution in [0.3, 0.4) is 0 Å². The molecule has 0 unspecified atom stereocenters. The lowest BCUT2D eigenvalue weighted by molar-refractivity contribution is 1.07. The first kappa shape index (κ1) is 6.23. The van der Waals surface area contributed by atoms with Crippen molar-refractivity contribution in [2.24, 2.45) is 0 Å². The molecule has 2 heterocycles. The van der Waals surface area contributed by atoms with Gasteiger partial charge in [-0.2, -0.15) is 0 Å². The molecule has 0 aromatic carbocycles. The molecule has 0 amide bonds. The minimum Gasteiger partial charge on any atom is -0.296 e. The van der Waals surface area contributed by atoms with Crippen molar-refractivity contribution < 1.29 is 0 Å². The van der Waals surface area contributed by atoms with Crippen LogP contribution in [0.15, 0.2) is 9.59 Å². The number of rotatable bonds is 0. The number of aromatic amines is 2. The minimum atomic E-state index is -0.534. The third-order valence-corrected chi connectivity index (χ3v) is 1.80. The minimum absolute atomic E-state index is 0.176. The van der Waals surface area contributed by atoms with E-state index in [1.165, 1.54) is 0 Å². The zero-order chi connectivity index (χ0) is 7.84. The summed E-state index contributed by atoms with van der Waals surface area (Å²) in [7, 11) is 0. The Morgan fingerprint density at radius 3 is 2.91 bits per heavy atom. The van der Waals surface area contributed by atoms with Crippen LogP contribution in [-0.4, -0.2) is 19.6 Å². The van der Waals surface area contributed by atoms with Gasteiger partial charge < -0.3 is 0 Å². The predicted octanol–water partition coefficient (Wildman–Crippen LogP) is -0.932. The molecule has 0 aliphatic rings. The molecule has 0 bridgehead atoms. The third kappa shape index (κ3) is 0.855. The lowest BCUT2D eigenvalue weighted by Gasteiger charge is -1.81.